The van der Waals surface area contributed by atoms with E-state index in [-0.39, 0.29) is 24.2 Å². The molecule has 0 bridgehead atoms. The van der Waals surface area contributed by atoms with Gasteiger partial charge in [0.2, 0.25) is 5.91 Å². The Kier molecular flexibility index (Phi) is 6.08. The lowest BCUT2D eigenvalue weighted by atomic mass is 10.1. The number of hydrogen-bond acceptors (Lipinski definition) is 3. The zero-order valence-corrected chi connectivity index (χ0v) is 15.8. The SMILES string of the molecule is Cc1c(Cl)cccc1NC(=O)CN1CCN(C(=O)c2ccc(F)cc2)CC1. The highest BCUT2D eigenvalue weighted by Crippen LogP contribution is 2.22. The topological polar surface area (TPSA) is 52.7 Å². The summed E-state index contributed by atoms with van der Waals surface area (Å²) in [6.07, 6.45) is 0. The number of amides is 2. The average molecular weight is 390 g/mol. The van der Waals surface area contributed by atoms with E-state index in [9.17, 15) is 14.0 Å². The third-order valence-electron chi connectivity index (χ3n) is 4.66. The molecule has 0 radical (unpaired) electrons. The number of anilines is 1. The fourth-order valence-corrected chi connectivity index (χ4v) is 3.19. The Balaban J connectivity index is 1.50. The minimum absolute atomic E-state index is 0.112. The quantitative estimate of drug-likeness (QED) is 0.873. The molecule has 0 aliphatic carbocycles. The molecular weight excluding hydrogens is 369 g/mol. The fraction of sp³-hybridized carbons (Fsp3) is 0.300. The van der Waals surface area contributed by atoms with Crippen LogP contribution in [0.15, 0.2) is 42.5 Å². The van der Waals surface area contributed by atoms with Crippen LogP contribution in [0.3, 0.4) is 0 Å². The summed E-state index contributed by atoms with van der Waals surface area (Å²) in [5.41, 5.74) is 2.01. The first-order chi connectivity index (χ1) is 12.9. The van der Waals surface area contributed by atoms with Gasteiger partial charge in [0.05, 0.1) is 6.54 Å². The summed E-state index contributed by atoms with van der Waals surface area (Å²) in [6, 6.07) is 10.9. The normalized spacial score (nSPS) is 14.9. The van der Waals surface area contributed by atoms with Crippen molar-refractivity contribution in [2.45, 2.75) is 6.92 Å². The smallest absolute Gasteiger partial charge is 0.253 e. The van der Waals surface area contributed by atoms with Gasteiger partial charge < -0.3 is 10.2 Å². The molecule has 1 saturated heterocycles. The fourth-order valence-electron chi connectivity index (χ4n) is 3.02. The van der Waals surface area contributed by atoms with E-state index >= 15 is 0 Å². The first kappa shape index (κ1) is 19.3. The summed E-state index contributed by atoms with van der Waals surface area (Å²) < 4.78 is 13.0. The summed E-state index contributed by atoms with van der Waals surface area (Å²) in [5, 5.41) is 3.49. The lowest BCUT2D eigenvalue weighted by Crippen LogP contribution is -2.50. The summed E-state index contributed by atoms with van der Waals surface area (Å²) in [6.45, 7) is 4.38. The van der Waals surface area contributed by atoms with Gasteiger partial charge in [-0.1, -0.05) is 17.7 Å². The maximum Gasteiger partial charge on any atom is 0.253 e. The van der Waals surface area contributed by atoms with Crippen molar-refractivity contribution in [3.05, 3.63) is 64.4 Å². The summed E-state index contributed by atoms with van der Waals surface area (Å²) in [7, 11) is 0. The van der Waals surface area contributed by atoms with Crippen molar-refractivity contribution in [3.8, 4) is 0 Å². The van der Waals surface area contributed by atoms with Crippen molar-refractivity contribution in [2.24, 2.45) is 0 Å². The van der Waals surface area contributed by atoms with Crippen molar-refractivity contribution < 1.29 is 14.0 Å². The van der Waals surface area contributed by atoms with Crippen molar-refractivity contribution in [1.82, 2.24) is 9.80 Å². The Bertz CT molecular complexity index is 834. The van der Waals surface area contributed by atoms with Crippen molar-refractivity contribution in [2.75, 3.05) is 38.0 Å². The number of nitrogens with zero attached hydrogens (tertiary/aromatic N) is 2. The third-order valence-corrected chi connectivity index (χ3v) is 5.07. The van der Waals surface area contributed by atoms with Gasteiger partial charge in [0.15, 0.2) is 0 Å². The van der Waals surface area contributed by atoms with Crippen molar-refractivity contribution >= 4 is 29.1 Å². The van der Waals surface area contributed by atoms with Crippen LogP contribution in [0.4, 0.5) is 10.1 Å². The summed E-state index contributed by atoms with van der Waals surface area (Å²) in [4.78, 5) is 28.5. The maximum absolute atomic E-state index is 13.0. The van der Waals surface area contributed by atoms with E-state index in [1.54, 1.807) is 17.0 Å². The summed E-state index contributed by atoms with van der Waals surface area (Å²) >= 11 is 6.07. The molecule has 2 aromatic rings. The van der Waals surface area contributed by atoms with Crippen LogP contribution in [0.1, 0.15) is 15.9 Å². The van der Waals surface area contributed by atoms with Gasteiger partial charge in [-0.15, -0.1) is 0 Å². The zero-order valence-electron chi connectivity index (χ0n) is 15.0. The van der Waals surface area contributed by atoms with Crippen LogP contribution < -0.4 is 5.32 Å². The minimum atomic E-state index is -0.364. The second-order valence-corrected chi connectivity index (χ2v) is 6.94. The largest absolute Gasteiger partial charge is 0.336 e. The molecule has 0 saturated carbocycles. The van der Waals surface area contributed by atoms with E-state index in [0.717, 1.165) is 5.56 Å². The number of hydrogen-bond donors (Lipinski definition) is 1. The van der Waals surface area contributed by atoms with Crippen LogP contribution in [0.2, 0.25) is 5.02 Å². The Morgan fingerprint density at radius 2 is 1.74 bits per heavy atom. The molecule has 2 amide bonds. The molecule has 0 unspecified atom stereocenters. The van der Waals surface area contributed by atoms with E-state index in [1.807, 2.05) is 17.9 Å². The van der Waals surface area contributed by atoms with E-state index in [0.29, 0.717) is 42.5 Å². The molecule has 2 aromatic carbocycles. The third kappa shape index (κ3) is 4.84. The number of carbonyl (C=O) groups excluding carboxylic acids is 2. The van der Waals surface area contributed by atoms with Crippen LogP contribution in [-0.4, -0.2) is 54.3 Å². The van der Waals surface area contributed by atoms with Crippen LogP contribution in [-0.2, 0) is 4.79 Å². The van der Waals surface area contributed by atoms with Gasteiger partial charge in [0.1, 0.15) is 5.82 Å². The van der Waals surface area contributed by atoms with Crippen LogP contribution >= 0.6 is 11.6 Å². The highest BCUT2D eigenvalue weighted by Gasteiger charge is 2.23. The zero-order chi connectivity index (χ0) is 19.4. The molecule has 142 valence electrons. The molecule has 1 aliphatic heterocycles. The van der Waals surface area contributed by atoms with Crippen LogP contribution in [0, 0.1) is 12.7 Å². The lowest BCUT2D eigenvalue weighted by Gasteiger charge is -2.34. The van der Waals surface area contributed by atoms with E-state index in [1.165, 1.54) is 24.3 Å². The Morgan fingerprint density at radius 3 is 2.41 bits per heavy atom. The molecule has 1 fully saturated rings. The molecule has 3 rings (SSSR count). The Hall–Kier alpha value is -2.44. The molecule has 27 heavy (non-hydrogen) atoms. The molecule has 7 heteroatoms. The Morgan fingerprint density at radius 1 is 1.07 bits per heavy atom. The van der Waals surface area contributed by atoms with E-state index < -0.39 is 0 Å². The predicted octanol–water partition coefficient (Wildman–Crippen LogP) is 3.18. The molecule has 0 aromatic heterocycles. The van der Waals surface area contributed by atoms with Gasteiger partial charge in [0, 0.05) is 42.5 Å². The van der Waals surface area contributed by atoms with Gasteiger partial charge in [0.25, 0.3) is 5.91 Å². The van der Waals surface area contributed by atoms with Gasteiger partial charge in [-0.2, -0.15) is 0 Å². The van der Waals surface area contributed by atoms with Crippen molar-refractivity contribution in [3.63, 3.8) is 0 Å². The van der Waals surface area contributed by atoms with Crippen molar-refractivity contribution in [1.29, 1.82) is 0 Å². The average Bonchev–Trinajstić information content (AvgIpc) is 2.66. The monoisotopic (exact) mass is 389 g/mol. The molecule has 1 aliphatic rings. The van der Waals surface area contributed by atoms with Gasteiger partial charge >= 0.3 is 0 Å². The maximum atomic E-state index is 13.0. The van der Waals surface area contributed by atoms with Gasteiger partial charge in [-0.05, 0) is 48.9 Å². The number of rotatable bonds is 4. The first-order valence-electron chi connectivity index (χ1n) is 8.76. The van der Waals surface area contributed by atoms with Crippen LogP contribution in [0.5, 0.6) is 0 Å². The lowest BCUT2D eigenvalue weighted by molar-refractivity contribution is -0.117. The van der Waals surface area contributed by atoms with Crippen LogP contribution in [0.25, 0.3) is 0 Å². The van der Waals surface area contributed by atoms with Gasteiger partial charge in [-0.25, -0.2) is 4.39 Å². The number of piperazine rings is 1. The number of halogens is 2. The second kappa shape index (κ2) is 8.50. The highest BCUT2D eigenvalue weighted by atomic mass is 35.5. The molecular formula is C20H21ClFN3O2. The number of benzene rings is 2. The van der Waals surface area contributed by atoms with Gasteiger partial charge in [-0.3, -0.25) is 14.5 Å². The molecule has 1 N–H and O–H groups in total. The molecule has 0 spiro atoms. The number of nitrogens with one attached hydrogen (secondary N) is 1. The molecule has 1 heterocycles. The molecule has 0 atom stereocenters. The number of carbonyl (C=O) groups is 2. The standard InChI is InChI=1S/C20H21ClFN3O2/c1-14-17(21)3-2-4-18(14)23-19(26)13-24-9-11-25(12-10-24)20(27)15-5-7-16(22)8-6-15/h2-8H,9-13H2,1H3,(H,23,26). The highest BCUT2D eigenvalue weighted by molar-refractivity contribution is 6.31. The summed E-state index contributed by atoms with van der Waals surface area (Å²) in [5.74, 6) is -0.593. The minimum Gasteiger partial charge on any atom is -0.336 e. The molecule has 5 nitrogen and oxygen atoms in total. The van der Waals surface area contributed by atoms with E-state index in [2.05, 4.69) is 5.32 Å². The predicted molar refractivity (Wildman–Crippen MR) is 104 cm³/mol. The Labute approximate surface area is 162 Å². The van der Waals surface area contributed by atoms with E-state index in [4.69, 9.17) is 11.6 Å². The second-order valence-electron chi connectivity index (χ2n) is 6.54. The first-order valence-corrected chi connectivity index (χ1v) is 9.14.